The van der Waals surface area contributed by atoms with Crippen LogP contribution >= 0.6 is 22.6 Å². The van der Waals surface area contributed by atoms with Crippen LogP contribution < -0.4 is 0 Å². The molecule has 0 atom stereocenters. The summed E-state index contributed by atoms with van der Waals surface area (Å²) in [6.07, 6.45) is 2.75. The fourth-order valence-corrected chi connectivity index (χ4v) is 1.50. The average molecular weight is 276 g/mol. The largest absolute Gasteiger partial charge is 0.158 e. The van der Waals surface area contributed by atoms with Crippen LogP contribution in [0.1, 0.15) is 26.5 Å². The Morgan fingerprint density at radius 1 is 1.42 bits per heavy atom. The Kier molecular flexibility index (Phi) is 3.04. The summed E-state index contributed by atoms with van der Waals surface area (Å²) >= 11 is 2.25. The summed E-state index contributed by atoms with van der Waals surface area (Å²) in [5, 5.41) is 7.98. The van der Waals surface area contributed by atoms with E-state index in [1.54, 1.807) is 6.20 Å². The monoisotopic (exact) mass is 276 g/mol. The molecule has 1 rings (SSSR count). The maximum absolute atomic E-state index is 4.07. The minimum Gasteiger partial charge on any atom is -0.158 e. The van der Waals surface area contributed by atoms with Gasteiger partial charge in [0.2, 0.25) is 0 Å². The predicted molar refractivity (Wildman–Crippen MR) is 57.9 cm³/mol. The molecule has 0 aliphatic carbocycles. The molecule has 0 amide bonds. The van der Waals surface area contributed by atoms with E-state index >= 15 is 0 Å². The first-order chi connectivity index (χ1) is 5.47. The standard InChI is InChI=1S/C9H13IN2/c1-9(2,3)5-8-4-7(10)6-11-12-8/h4,6H,5H2,1-3H3. The fraction of sp³-hybridized carbons (Fsp3) is 0.556. The first kappa shape index (κ1) is 9.89. The van der Waals surface area contributed by atoms with Gasteiger partial charge in [-0.15, -0.1) is 0 Å². The van der Waals surface area contributed by atoms with Crippen molar-refractivity contribution in [1.29, 1.82) is 0 Å². The summed E-state index contributed by atoms with van der Waals surface area (Å²) < 4.78 is 1.15. The Morgan fingerprint density at radius 2 is 2.08 bits per heavy atom. The second kappa shape index (κ2) is 3.68. The predicted octanol–water partition coefficient (Wildman–Crippen LogP) is 2.67. The Hall–Kier alpha value is -0.190. The lowest BCUT2D eigenvalue weighted by molar-refractivity contribution is 0.404. The van der Waals surface area contributed by atoms with Crippen LogP contribution in [-0.4, -0.2) is 10.2 Å². The van der Waals surface area contributed by atoms with E-state index in [0.29, 0.717) is 5.41 Å². The van der Waals surface area contributed by atoms with Crippen molar-refractivity contribution in [3.8, 4) is 0 Å². The Bertz CT molecular complexity index is 265. The van der Waals surface area contributed by atoms with E-state index in [0.717, 1.165) is 15.7 Å². The van der Waals surface area contributed by atoms with Gasteiger partial charge < -0.3 is 0 Å². The number of rotatable bonds is 1. The summed E-state index contributed by atoms with van der Waals surface area (Å²) in [7, 11) is 0. The second-order valence-electron chi connectivity index (χ2n) is 4.10. The van der Waals surface area contributed by atoms with Crippen LogP contribution in [0.15, 0.2) is 12.3 Å². The normalized spacial score (nSPS) is 11.7. The first-order valence-electron chi connectivity index (χ1n) is 3.94. The van der Waals surface area contributed by atoms with E-state index in [4.69, 9.17) is 0 Å². The zero-order valence-electron chi connectivity index (χ0n) is 7.63. The Balaban J connectivity index is 2.77. The van der Waals surface area contributed by atoms with Crippen LogP contribution in [-0.2, 0) is 6.42 Å². The Morgan fingerprint density at radius 3 is 2.58 bits per heavy atom. The molecule has 0 bridgehead atoms. The van der Waals surface area contributed by atoms with Gasteiger partial charge in [-0.2, -0.15) is 10.2 Å². The summed E-state index contributed by atoms with van der Waals surface area (Å²) in [5.74, 6) is 0. The van der Waals surface area contributed by atoms with Crippen molar-refractivity contribution >= 4 is 22.6 Å². The molecule has 0 saturated carbocycles. The minimum absolute atomic E-state index is 0.291. The third kappa shape index (κ3) is 3.47. The smallest absolute Gasteiger partial charge is 0.0646 e. The maximum atomic E-state index is 4.07. The molecular weight excluding hydrogens is 263 g/mol. The lowest BCUT2D eigenvalue weighted by atomic mass is 9.90. The van der Waals surface area contributed by atoms with E-state index in [1.165, 1.54) is 0 Å². The molecule has 66 valence electrons. The molecule has 0 aromatic carbocycles. The van der Waals surface area contributed by atoms with Crippen LogP contribution in [0, 0.1) is 8.99 Å². The van der Waals surface area contributed by atoms with Crippen molar-refractivity contribution in [2.45, 2.75) is 27.2 Å². The number of nitrogens with zero attached hydrogens (tertiary/aromatic N) is 2. The van der Waals surface area contributed by atoms with E-state index in [1.807, 2.05) is 0 Å². The molecule has 1 aromatic rings. The molecule has 0 aliphatic rings. The summed E-state index contributed by atoms with van der Waals surface area (Å²) in [5.41, 5.74) is 1.37. The number of hydrogen-bond donors (Lipinski definition) is 0. The van der Waals surface area contributed by atoms with E-state index in [2.05, 4.69) is 59.6 Å². The van der Waals surface area contributed by atoms with Crippen LogP contribution in [0.2, 0.25) is 0 Å². The van der Waals surface area contributed by atoms with Crippen LogP contribution in [0.4, 0.5) is 0 Å². The lowest BCUT2D eigenvalue weighted by Crippen LogP contribution is -2.11. The average Bonchev–Trinajstić information content (AvgIpc) is 1.82. The number of hydrogen-bond acceptors (Lipinski definition) is 2. The van der Waals surface area contributed by atoms with Crippen molar-refractivity contribution in [2.75, 3.05) is 0 Å². The van der Waals surface area contributed by atoms with Gasteiger partial charge in [0.1, 0.15) is 0 Å². The van der Waals surface area contributed by atoms with Crippen LogP contribution in [0.3, 0.4) is 0 Å². The second-order valence-corrected chi connectivity index (χ2v) is 5.35. The van der Waals surface area contributed by atoms with E-state index < -0.39 is 0 Å². The zero-order chi connectivity index (χ0) is 9.19. The highest BCUT2D eigenvalue weighted by molar-refractivity contribution is 14.1. The molecule has 1 aromatic heterocycles. The van der Waals surface area contributed by atoms with Gasteiger partial charge in [-0.1, -0.05) is 20.8 Å². The highest BCUT2D eigenvalue weighted by atomic mass is 127. The molecular formula is C9H13IN2. The van der Waals surface area contributed by atoms with Crippen molar-refractivity contribution in [3.63, 3.8) is 0 Å². The van der Waals surface area contributed by atoms with Gasteiger partial charge in [0, 0.05) is 3.57 Å². The summed E-state index contributed by atoms with van der Waals surface area (Å²) in [6.45, 7) is 6.61. The molecule has 0 fully saturated rings. The van der Waals surface area contributed by atoms with Crippen LogP contribution in [0.5, 0.6) is 0 Å². The minimum atomic E-state index is 0.291. The van der Waals surface area contributed by atoms with Crippen molar-refractivity contribution < 1.29 is 0 Å². The third-order valence-corrected chi connectivity index (χ3v) is 1.97. The van der Waals surface area contributed by atoms with Gasteiger partial charge >= 0.3 is 0 Å². The zero-order valence-corrected chi connectivity index (χ0v) is 9.79. The van der Waals surface area contributed by atoms with Gasteiger partial charge in [0.25, 0.3) is 0 Å². The van der Waals surface area contributed by atoms with Crippen molar-refractivity contribution in [2.24, 2.45) is 5.41 Å². The van der Waals surface area contributed by atoms with Crippen molar-refractivity contribution in [1.82, 2.24) is 10.2 Å². The molecule has 12 heavy (non-hydrogen) atoms. The first-order valence-corrected chi connectivity index (χ1v) is 5.02. The molecule has 0 radical (unpaired) electrons. The van der Waals surface area contributed by atoms with Gasteiger partial charge in [-0.05, 0) is 40.5 Å². The lowest BCUT2D eigenvalue weighted by Gasteiger charge is -2.16. The Labute approximate surface area is 86.9 Å². The van der Waals surface area contributed by atoms with Gasteiger partial charge in [0.05, 0.1) is 11.9 Å². The molecule has 0 spiro atoms. The molecule has 0 N–H and O–H groups in total. The van der Waals surface area contributed by atoms with E-state index in [9.17, 15) is 0 Å². The molecule has 0 saturated heterocycles. The maximum Gasteiger partial charge on any atom is 0.0646 e. The van der Waals surface area contributed by atoms with Gasteiger partial charge in [-0.25, -0.2) is 0 Å². The third-order valence-electron chi connectivity index (χ3n) is 1.38. The highest BCUT2D eigenvalue weighted by Gasteiger charge is 2.12. The highest BCUT2D eigenvalue weighted by Crippen LogP contribution is 2.19. The number of aromatic nitrogens is 2. The quantitative estimate of drug-likeness (QED) is 0.737. The molecule has 0 unspecified atom stereocenters. The topological polar surface area (TPSA) is 25.8 Å². The number of halogens is 1. The van der Waals surface area contributed by atoms with Crippen LogP contribution in [0.25, 0.3) is 0 Å². The summed E-state index contributed by atoms with van der Waals surface area (Å²) in [6, 6.07) is 2.08. The fourth-order valence-electron chi connectivity index (χ4n) is 1.01. The molecule has 1 heterocycles. The van der Waals surface area contributed by atoms with Crippen molar-refractivity contribution in [3.05, 3.63) is 21.5 Å². The van der Waals surface area contributed by atoms with Gasteiger partial charge in [-0.3, -0.25) is 0 Å². The molecule has 2 nitrogen and oxygen atoms in total. The SMILES string of the molecule is CC(C)(C)Cc1cc(I)cnn1. The van der Waals surface area contributed by atoms with Gasteiger partial charge in [0.15, 0.2) is 0 Å². The van der Waals surface area contributed by atoms with E-state index in [-0.39, 0.29) is 0 Å². The molecule has 0 aliphatic heterocycles. The molecule has 3 heteroatoms. The summed E-state index contributed by atoms with van der Waals surface area (Å²) in [4.78, 5) is 0.